The molecule has 7 nitrogen and oxygen atoms in total. The number of aromatic nitrogens is 4. The number of aryl methyl sites for hydroxylation is 1. The number of nitrogens with zero attached hydrogens (tertiary/aromatic N) is 3. The number of para-hydroxylation sites is 1. The van der Waals surface area contributed by atoms with Gasteiger partial charge in [-0.3, -0.25) is 14.2 Å². The molecule has 0 saturated heterocycles. The van der Waals surface area contributed by atoms with E-state index < -0.39 is 0 Å². The van der Waals surface area contributed by atoms with Gasteiger partial charge in [0.15, 0.2) is 0 Å². The van der Waals surface area contributed by atoms with Crippen molar-refractivity contribution < 1.29 is 9.18 Å². The highest BCUT2D eigenvalue weighted by molar-refractivity contribution is 5.93. The Hall–Kier alpha value is -4.33. The fraction of sp³-hybridized carbons (Fsp3) is 0.0833. The molecule has 32 heavy (non-hydrogen) atoms. The third-order valence-corrected chi connectivity index (χ3v) is 5.23. The molecule has 5 rings (SSSR count). The summed E-state index contributed by atoms with van der Waals surface area (Å²) in [7, 11) is 0. The van der Waals surface area contributed by atoms with Gasteiger partial charge in [-0.25, -0.2) is 14.4 Å². The van der Waals surface area contributed by atoms with Crippen molar-refractivity contribution in [3.63, 3.8) is 0 Å². The maximum Gasteiger partial charge on any atom is 0.261 e. The van der Waals surface area contributed by atoms with Crippen LogP contribution in [0.3, 0.4) is 0 Å². The number of rotatable bonds is 4. The normalized spacial score (nSPS) is 11.2. The van der Waals surface area contributed by atoms with Crippen LogP contribution < -0.4 is 10.9 Å². The first kappa shape index (κ1) is 19.6. The summed E-state index contributed by atoms with van der Waals surface area (Å²) < 4.78 is 14.8. The molecule has 0 unspecified atom stereocenters. The molecule has 0 atom stereocenters. The molecule has 0 aliphatic carbocycles. The van der Waals surface area contributed by atoms with Crippen LogP contribution in [-0.2, 0) is 11.3 Å². The minimum Gasteiger partial charge on any atom is -0.338 e. The Kier molecular flexibility index (Phi) is 4.74. The van der Waals surface area contributed by atoms with Crippen LogP contribution >= 0.6 is 0 Å². The van der Waals surface area contributed by atoms with Gasteiger partial charge in [0.2, 0.25) is 5.91 Å². The van der Waals surface area contributed by atoms with Crippen molar-refractivity contribution in [1.29, 1.82) is 0 Å². The molecule has 2 aromatic heterocycles. The highest BCUT2D eigenvalue weighted by Gasteiger charge is 2.11. The maximum atomic E-state index is 13.5. The molecule has 2 N–H and O–H groups in total. The van der Waals surface area contributed by atoms with Crippen molar-refractivity contribution in [1.82, 2.24) is 19.5 Å². The van der Waals surface area contributed by atoms with Crippen molar-refractivity contribution in [3.8, 4) is 11.4 Å². The molecule has 1 amide bonds. The molecule has 3 aromatic carbocycles. The summed E-state index contributed by atoms with van der Waals surface area (Å²) in [6, 6.07) is 16.8. The molecule has 0 aliphatic rings. The Balaban J connectivity index is 1.37. The molecular weight excluding hydrogens is 409 g/mol. The number of carbonyl (C=O) groups is 1. The number of halogens is 1. The number of H-pyrrole nitrogens is 1. The van der Waals surface area contributed by atoms with E-state index in [9.17, 15) is 14.0 Å². The highest BCUT2D eigenvalue weighted by atomic mass is 19.1. The van der Waals surface area contributed by atoms with E-state index in [4.69, 9.17) is 0 Å². The standard InChI is InChI=1S/C24H18FN5O2/c1-14-4-2-7-18-22(14)26-13-30(24(18)32)12-21(31)27-17-8-9-19-20(11-17)29-23(28-19)15-5-3-6-16(25)10-15/h2-11,13H,12H2,1H3,(H,27,31)(H,28,29). The number of imidazole rings is 1. The lowest BCUT2D eigenvalue weighted by atomic mass is 10.1. The second kappa shape index (κ2) is 7.73. The minimum absolute atomic E-state index is 0.161. The monoisotopic (exact) mass is 427 g/mol. The van der Waals surface area contributed by atoms with Gasteiger partial charge < -0.3 is 10.3 Å². The van der Waals surface area contributed by atoms with Gasteiger partial charge in [-0.1, -0.05) is 24.3 Å². The number of hydrogen-bond acceptors (Lipinski definition) is 4. The minimum atomic E-state index is -0.356. The number of fused-ring (bicyclic) bond motifs is 2. The van der Waals surface area contributed by atoms with Crippen LogP contribution in [0.5, 0.6) is 0 Å². The molecule has 0 bridgehead atoms. The first-order chi connectivity index (χ1) is 15.5. The fourth-order valence-corrected chi connectivity index (χ4v) is 3.67. The quantitative estimate of drug-likeness (QED) is 0.453. The van der Waals surface area contributed by atoms with Gasteiger partial charge in [0, 0.05) is 11.3 Å². The second-order valence-corrected chi connectivity index (χ2v) is 7.52. The number of benzene rings is 3. The molecule has 0 radical (unpaired) electrons. The number of carbonyl (C=O) groups excluding carboxylic acids is 1. The third kappa shape index (κ3) is 3.62. The predicted octanol–water partition coefficient (Wildman–Crippen LogP) is 4.03. The first-order valence-corrected chi connectivity index (χ1v) is 9.98. The molecule has 5 aromatic rings. The van der Waals surface area contributed by atoms with E-state index in [0.29, 0.717) is 39.0 Å². The lowest BCUT2D eigenvalue weighted by Gasteiger charge is -2.09. The average Bonchev–Trinajstić information content (AvgIpc) is 3.20. The summed E-state index contributed by atoms with van der Waals surface area (Å²) in [6.45, 7) is 1.72. The van der Waals surface area contributed by atoms with Gasteiger partial charge in [-0.2, -0.15) is 0 Å². The Bertz CT molecular complexity index is 1550. The van der Waals surface area contributed by atoms with Crippen molar-refractivity contribution in [3.05, 3.63) is 88.7 Å². The summed E-state index contributed by atoms with van der Waals surface area (Å²) in [5, 5.41) is 3.27. The average molecular weight is 427 g/mol. The van der Waals surface area contributed by atoms with E-state index in [1.807, 2.05) is 13.0 Å². The molecule has 0 saturated carbocycles. The lowest BCUT2D eigenvalue weighted by Crippen LogP contribution is -2.28. The Morgan fingerprint density at radius 2 is 1.97 bits per heavy atom. The van der Waals surface area contributed by atoms with Crippen LogP contribution in [0.2, 0.25) is 0 Å². The smallest absolute Gasteiger partial charge is 0.261 e. The van der Waals surface area contributed by atoms with E-state index in [1.165, 1.54) is 23.0 Å². The Morgan fingerprint density at radius 3 is 2.81 bits per heavy atom. The van der Waals surface area contributed by atoms with Gasteiger partial charge in [-0.05, 0) is 48.9 Å². The number of aromatic amines is 1. The molecule has 0 fully saturated rings. The van der Waals surface area contributed by atoms with Crippen molar-refractivity contribution in [2.75, 3.05) is 5.32 Å². The third-order valence-electron chi connectivity index (χ3n) is 5.23. The van der Waals surface area contributed by atoms with Crippen molar-refractivity contribution in [2.45, 2.75) is 13.5 Å². The first-order valence-electron chi connectivity index (χ1n) is 9.98. The van der Waals surface area contributed by atoms with Crippen LogP contribution in [-0.4, -0.2) is 25.4 Å². The van der Waals surface area contributed by atoms with Gasteiger partial charge in [0.1, 0.15) is 18.2 Å². The summed E-state index contributed by atoms with van der Waals surface area (Å²) >= 11 is 0. The summed E-state index contributed by atoms with van der Waals surface area (Å²) in [5.74, 6) is -0.165. The lowest BCUT2D eigenvalue weighted by molar-refractivity contribution is -0.116. The second-order valence-electron chi connectivity index (χ2n) is 7.52. The van der Waals surface area contributed by atoms with Crippen LogP contribution in [0, 0.1) is 12.7 Å². The van der Waals surface area contributed by atoms with Gasteiger partial charge >= 0.3 is 0 Å². The zero-order chi connectivity index (χ0) is 22.2. The van der Waals surface area contributed by atoms with Crippen LogP contribution in [0.1, 0.15) is 5.56 Å². The molecule has 8 heteroatoms. The van der Waals surface area contributed by atoms with E-state index in [1.54, 1.807) is 42.5 Å². The molecular formula is C24H18FN5O2. The topological polar surface area (TPSA) is 92.7 Å². The number of hydrogen-bond donors (Lipinski definition) is 2. The van der Waals surface area contributed by atoms with Gasteiger partial charge in [0.05, 0.1) is 28.3 Å². The SMILES string of the molecule is Cc1cccc2c(=O)n(CC(=O)Nc3ccc4nc(-c5cccc(F)c5)[nH]c4c3)cnc12. The van der Waals surface area contributed by atoms with Gasteiger partial charge in [0.25, 0.3) is 5.56 Å². The molecule has 158 valence electrons. The Labute approximate surface area is 181 Å². The van der Waals surface area contributed by atoms with E-state index >= 15 is 0 Å². The summed E-state index contributed by atoms with van der Waals surface area (Å²) in [5.41, 5.74) is 3.83. The zero-order valence-electron chi connectivity index (χ0n) is 17.1. The van der Waals surface area contributed by atoms with Crippen LogP contribution in [0.4, 0.5) is 10.1 Å². The number of nitrogens with one attached hydrogen (secondary N) is 2. The molecule has 2 heterocycles. The number of amides is 1. The number of anilines is 1. The predicted molar refractivity (Wildman–Crippen MR) is 121 cm³/mol. The maximum absolute atomic E-state index is 13.5. The van der Waals surface area contributed by atoms with Crippen molar-refractivity contribution in [2.24, 2.45) is 0 Å². The van der Waals surface area contributed by atoms with E-state index in [-0.39, 0.29) is 23.8 Å². The highest BCUT2D eigenvalue weighted by Crippen LogP contribution is 2.23. The fourth-order valence-electron chi connectivity index (χ4n) is 3.67. The largest absolute Gasteiger partial charge is 0.338 e. The zero-order valence-corrected chi connectivity index (χ0v) is 17.1. The van der Waals surface area contributed by atoms with E-state index in [0.717, 1.165) is 5.56 Å². The van der Waals surface area contributed by atoms with E-state index in [2.05, 4.69) is 20.3 Å². The summed E-state index contributed by atoms with van der Waals surface area (Å²) in [6.07, 6.45) is 1.39. The molecule has 0 aliphatic heterocycles. The summed E-state index contributed by atoms with van der Waals surface area (Å²) in [4.78, 5) is 37.2. The van der Waals surface area contributed by atoms with Gasteiger partial charge in [-0.15, -0.1) is 0 Å². The van der Waals surface area contributed by atoms with Crippen LogP contribution in [0.15, 0.2) is 71.8 Å². The molecule has 0 spiro atoms. The van der Waals surface area contributed by atoms with Crippen LogP contribution in [0.25, 0.3) is 33.3 Å². The van der Waals surface area contributed by atoms with Crippen molar-refractivity contribution >= 4 is 33.5 Å². The Morgan fingerprint density at radius 1 is 1.12 bits per heavy atom.